The lowest BCUT2D eigenvalue weighted by atomic mass is 9.98. The Kier molecular flexibility index (Phi) is 6.71. The van der Waals surface area contributed by atoms with Crippen LogP contribution in [0.15, 0.2) is 30.3 Å². The van der Waals surface area contributed by atoms with Crippen LogP contribution in [0.2, 0.25) is 0 Å². The lowest BCUT2D eigenvalue weighted by molar-refractivity contribution is -0.119. The second kappa shape index (κ2) is 8.54. The van der Waals surface area contributed by atoms with Gasteiger partial charge in [-0.2, -0.15) is 0 Å². The Morgan fingerprint density at radius 3 is 2.32 bits per heavy atom. The average Bonchev–Trinajstić information content (AvgIpc) is 2.75. The van der Waals surface area contributed by atoms with Crippen LogP contribution in [0.1, 0.15) is 38.5 Å². The molecular weight excluding hydrogens is 296 g/mol. The molecule has 2 unspecified atom stereocenters. The standard InChI is InChI=1S/C18H27ClN2O/c1-20(2)16-11-7-4-8-12-17(16)21(18(22)13-14-19)15-9-5-3-6-10-15/h3,5-6,9-10,16-17H,4,7-8,11-14H2,1-2H3. The van der Waals surface area contributed by atoms with Crippen molar-refractivity contribution >= 4 is 23.2 Å². The highest BCUT2D eigenvalue weighted by Crippen LogP contribution is 2.29. The van der Waals surface area contributed by atoms with Crippen LogP contribution >= 0.6 is 11.6 Å². The van der Waals surface area contributed by atoms with Crippen LogP contribution in [-0.4, -0.2) is 42.9 Å². The molecule has 2 atom stereocenters. The molecule has 0 spiro atoms. The Morgan fingerprint density at radius 2 is 1.73 bits per heavy atom. The Balaban J connectivity index is 2.34. The topological polar surface area (TPSA) is 23.6 Å². The van der Waals surface area contributed by atoms with Crippen molar-refractivity contribution in [3.8, 4) is 0 Å². The second-order valence-corrected chi connectivity index (χ2v) is 6.65. The molecule has 2 rings (SSSR count). The number of benzene rings is 1. The summed E-state index contributed by atoms with van der Waals surface area (Å²) in [6.07, 6.45) is 6.29. The minimum absolute atomic E-state index is 0.139. The molecule has 1 fully saturated rings. The fraction of sp³-hybridized carbons (Fsp3) is 0.611. The molecule has 0 aliphatic heterocycles. The molecular formula is C18H27ClN2O. The SMILES string of the molecule is CN(C)C1CCCCCC1N(C(=O)CCCl)c1ccccc1. The zero-order valence-corrected chi connectivity index (χ0v) is 14.4. The Morgan fingerprint density at radius 1 is 1.09 bits per heavy atom. The molecule has 122 valence electrons. The minimum Gasteiger partial charge on any atom is -0.308 e. The highest BCUT2D eigenvalue weighted by atomic mass is 35.5. The monoisotopic (exact) mass is 322 g/mol. The van der Waals surface area contributed by atoms with E-state index in [-0.39, 0.29) is 11.9 Å². The van der Waals surface area contributed by atoms with Gasteiger partial charge in [0.05, 0.1) is 6.04 Å². The largest absolute Gasteiger partial charge is 0.308 e. The van der Waals surface area contributed by atoms with Crippen LogP contribution in [0.25, 0.3) is 0 Å². The van der Waals surface area contributed by atoms with Gasteiger partial charge >= 0.3 is 0 Å². The van der Waals surface area contributed by atoms with Gasteiger partial charge in [-0.05, 0) is 39.1 Å². The zero-order chi connectivity index (χ0) is 15.9. The molecule has 1 amide bonds. The van der Waals surface area contributed by atoms with Gasteiger partial charge < -0.3 is 9.80 Å². The van der Waals surface area contributed by atoms with Gasteiger partial charge in [0.2, 0.25) is 5.91 Å². The molecule has 0 aromatic heterocycles. The Labute approximate surface area is 139 Å². The van der Waals surface area contributed by atoms with Crippen molar-refractivity contribution in [2.45, 2.75) is 50.6 Å². The number of hydrogen-bond donors (Lipinski definition) is 0. The number of carbonyl (C=O) groups is 1. The summed E-state index contributed by atoms with van der Waals surface area (Å²) >= 11 is 5.84. The van der Waals surface area contributed by atoms with Gasteiger partial charge in [-0.25, -0.2) is 0 Å². The highest BCUT2D eigenvalue weighted by Gasteiger charge is 2.33. The number of alkyl halides is 1. The smallest absolute Gasteiger partial charge is 0.228 e. The van der Waals surface area contributed by atoms with Crippen molar-refractivity contribution < 1.29 is 4.79 Å². The quantitative estimate of drug-likeness (QED) is 0.606. The Hall–Kier alpha value is -1.06. The van der Waals surface area contributed by atoms with E-state index < -0.39 is 0 Å². The van der Waals surface area contributed by atoms with E-state index >= 15 is 0 Å². The fourth-order valence-electron chi connectivity index (χ4n) is 3.48. The highest BCUT2D eigenvalue weighted by molar-refractivity contribution is 6.19. The Bertz CT molecular complexity index is 463. The number of anilines is 1. The zero-order valence-electron chi connectivity index (χ0n) is 13.7. The van der Waals surface area contributed by atoms with E-state index in [0.717, 1.165) is 18.5 Å². The van der Waals surface area contributed by atoms with Crippen LogP contribution in [-0.2, 0) is 4.79 Å². The molecule has 4 heteroatoms. The summed E-state index contributed by atoms with van der Waals surface area (Å²) in [6.45, 7) is 0. The number of rotatable bonds is 5. The van der Waals surface area contributed by atoms with Crippen molar-refractivity contribution in [2.24, 2.45) is 0 Å². The van der Waals surface area contributed by atoms with Crippen molar-refractivity contribution in [1.82, 2.24) is 4.90 Å². The first-order valence-corrected chi connectivity index (χ1v) is 8.78. The summed E-state index contributed by atoms with van der Waals surface area (Å²) in [4.78, 5) is 17.0. The molecule has 0 saturated heterocycles. The molecule has 1 saturated carbocycles. The number of hydrogen-bond acceptors (Lipinski definition) is 2. The van der Waals surface area contributed by atoms with Crippen LogP contribution in [0, 0.1) is 0 Å². The van der Waals surface area contributed by atoms with E-state index in [0.29, 0.717) is 18.3 Å². The van der Waals surface area contributed by atoms with E-state index in [1.807, 2.05) is 35.2 Å². The number of halogens is 1. The molecule has 3 nitrogen and oxygen atoms in total. The maximum atomic E-state index is 12.7. The third-order valence-corrected chi connectivity index (χ3v) is 4.74. The van der Waals surface area contributed by atoms with Crippen molar-refractivity contribution in [3.05, 3.63) is 30.3 Å². The van der Waals surface area contributed by atoms with E-state index in [9.17, 15) is 4.79 Å². The minimum atomic E-state index is 0.139. The van der Waals surface area contributed by atoms with Crippen molar-refractivity contribution in [3.63, 3.8) is 0 Å². The summed E-state index contributed by atoms with van der Waals surface area (Å²) in [5.41, 5.74) is 0.997. The van der Waals surface area contributed by atoms with E-state index in [2.05, 4.69) is 19.0 Å². The van der Waals surface area contributed by atoms with Crippen LogP contribution < -0.4 is 4.90 Å². The van der Waals surface area contributed by atoms with Crippen LogP contribution in [0.5, 0.6) is 0 Å². The lowest BCUT2D eigenvalue weighted by Crippen LogP contribution is -2.52. The third kappa shape index (κ3) is 4.23. The summed E-state index contributed by atoms with van der Waals surface area (Å²) in [6, 6.07) is 10.7. The van der Waals surface area contributed by atoms with Gasteiger partial charge in [0.1, 0.15) is 0 Å². The summed E-state index contributed by atoms with van der Waals surface area (Å²) in [5.74, 6) is 0.515. The molecule has 0 heterocycles. The second-order valence-electron chi connectivity index (χ2n) is 6.27. The predicted molar refractivity (Wildman–Crippen MR) is 93.6 cm³/mol. The van der Waals surface area contributed by atoms with Gasteiger partial charge in [-0.3, -0.25) is 4.79 Å². The molecule has 0 N–H and O–H groups in total. The van der Waals surface area contributed by atoms with Gasteiger partial charge in [0, 0.05) is 24.0 Å². The molecule has 1 aliphatic rings. The number of likely N-dealkylation sites (N-methyl/N-ethyl adjacent to an activating group) is 1. The fourth-order valence-corrected chi connectivity index (χ4v) is 3.64. The third-order valence-electron chi connectivity index (χ3n) is 4.55. The molecule has 1 aliphatic carbocycles. The maximum absolute atomic E-state index is 12.7. The van der Waals surface area contributed by atoms with Gasteiger partial charge in [-0.15, -0.1) is 11.6 Å². The first-order valence-electron chi connectivity index (χ1n) is 8.24. The first-order chi connectivity index (χ1) is 10.6. The van der Waals surface area contributed by atoms with Gasteiger partial charge in [0.25, 0.3) is 0 Å². The molecule has 0 bridgehead atoms. The first kappa shape index (κ1) is 17.3. The number of carbonyl (C=O) groups excluding carboxylic acids is 1. The molecule has 22 heavy (non-hydrogen) atoms. The number of para-hydroxylation sites is 1. The molecule has 1 aromatic carbocycles. The van der Waals surface area contributed by atoms with E-state index in [4.69, 9.17) is 11.6 Å². The van der Waals surface area contributed by atoms with Crippen LogP contribution in [0.4, 0.5) is 5.69 Å². The molecule has 1 aromatic rings. The molecule has 0 radical (unpaired) electrons. The summed E-state index contributed by atoms with van der Waals surface area (Å²) in [5, 5.41) is 0. The van der Waals surface area contributed by atoms with Crippen molar-refractivity contribution in [1.29, 1.82) is 0 Å². The summed E-state index contributed by atoms with van der Waals surface area (Å²) < 4.78 is 0. The predicted octanol–water partition coefficient (Wildman–Crippen LogP) is 3.91. The number of amides is 1. The van der Waals surface area contributed by atoms with Crippen molar-refractivity contribution in [2.75, 3.05) is 24.9 Å². The van der Waals surface area contributed by atoms with E-state index in [1.54, 1.807) is 0 Å². The van der Waals surface area contributed by atoms with Crippen LogP contribution in [0.3, 0.4) is 0 Å². The van der Waals surface area contributed by atoms with Gasteiger partial charge in [0.15, 0.2) is 0 Å². The maximum Gasteiger partial charge on any atom is 0.228 e. The summed E-state index contributed by atoms with van der Waals surface area (Å²) in [7, 11) is 4.25. The number of nitrogens with zero attached hydrogens (tertiary/aromatic N) is 2. The van der Waals surface area contributed by atoms with Gasteiger partial charge in [-0.1, -0.05) is 37.5 Å². The normalized spacial score (nSPS) is 22.4. The average molecular weight is 323 g/mol. The van der Waals surface area contributed by atoms with E-state index in [1.165, 1.54) is 19.3 Å². The lowest BCUT2D eigenvalue weighted by Gasteiger charge is -2.39.